The number of rotatable bonds is 14. The van der Waals surface area contributed by atoms with E-state index < -0.39 is 48.0 Å². The number of hydrogen-bond acceptors (Lipinski definition) is 9. The molecule has 202 valence electrons. The van der Waals surface area contributed by atoms with Crippen LogP contribution in [0.25, 0.3) is 0 Å². The molecule has 0 spiro atoms. The highest BCUT2D eigenvalue weighted by molar-refractivity contribution is 5.78. The SMILES string of the molecule is CCCC(C)OC(=O)OC(C)CN[C@@H](Cc1ccc(OC(=O)C(C)C)c(OC(=O)C(C)C)c1)C(=O)O. The molecular formula is C26H39NO9. The van der Waals surface area contributed by atoms with Crippen LogP contribution in [0.2, 0.25) is 0 Å². The number of benzene rings is 1. The van der Waals surface area contributed by atoms with E-state index in [1.165, 1.54) is 12.1 Å². The van der Waals surface area contributed by atoms with Gasteiger partial charge in [0.05, 0.1) is 11.8 Å². The Morgan fingerprint density at radius 2 is 1.42 bits per heavy atom. The minimum absolute atomic E-state index is 0.0324. The second-order valence-corrected chi connectivity index (χ2v) is 9.33. The Hall–Kier alpha value is -3.14. The van der Waals surface area contributed by atoms with Gasteiger partial charge in [-0.25, -0.2) is 4.79 Å². The summed E-state index contributed by atoms with van der Waals surface area (Å²) in [5.41, 5.74) is 0.534. The molecule has 36 heavy (non-hydrogen) atoms. The Morgan fingerprint density at radius 3 is 1.94 bits per heavy atom. The van der Waals surface area contributed by atoms with Crippen molar-refractivity contribution in [3.05, 3.63) is 23.8 Å². The summed E-state index contributed by atoms with van der Waals surface area (Å²) in [4.78, 5) is 47.9. The first-order valence-electron chi connectivity index (χ1n) is 12.2. The predicted molar refractivity (Wildman–Crippen MR) is 132 cm³/mol. The van der Waals surface area contributed by atoms with Gasteiger partial charge < -0.3 is 29.4 Å². The molecule has 0 radical (unpaired) electrons. The molecule has 2 unspecified atom stereocenters. The van der Waals surface area contributed by atoms with Gasteiger partial charge in [0.2, 0.25) is 0 Å². The molecule has 1 aromatic rings. The molecule has 10 nitrogen and oxygen atoms in total. The summed E-state index contributed by atoms with van der Waals surface area (Å²) in [5.74, 6) is -2.84. The van der Waals surface area contributed by atoms with E-state index in [9.17, 15) is 24.3 Å². The van der Waals surface area contributed by atoms with Gasteiger partial charge in [-0.3, -0.25) is 14.4 Å². The van der Waals surface area contributed by atoms with Crippen LogP contribution < -0.4 is 14.8 Å². The van der Waals surface area contributed by atoms with E-state index in [0.29, 0.717) is 12.0 Å². The fraction of sp³-hybridized carbons (Fsp3) is 0.615. The summed E-state index contributed by atoms with van der Waals surface area (Å²) in [6, 6.07) is 3.52. The van der Waals surface area contributed by atoms with Crippen molar-refractivity contribution >= 4 is 24.1 Å². The van der Waals surface area contributed by atoms with Crippen molar-refractivity contribution in [2.45, 2.75) is 86.0 Å². The molecule has 0 aliphatic rings. The van der Waals surface area contributed by atoms with Crippen LogP contribution in [0, 0.1) is 11.8 Å². The lowest BCUT2D eigenvalue weighted by atomic mass is 10.0. The lowest BCUT2D eigenvalue weighted by Crippen LogP contribution is -2.42. The van der Waals surface area contributed by atoms with Gasteiger partial charge in [0.15, 0.2) is 11.5 Å². The molecule has 0 aliphatic heterocycles. The Morgan fingerprint density at radius 1 is 0.861 bits per heavy atom. The molecule has 10 heteroatoms. The third kappa shape index (κ3) is 11.1. The summed E-state index contributed by atoms with van der Waals surface area (Å²) in [6.07, 6.45) is -0.0898. The van der Waals surface area contributed by atoms with Crippen LogP contribution >= 0.6 is 0 Å². The highest BCUT2D eigenvalue weighted by Gasteiger charge is 2.23. The Balaban J connectivity index is 2.91. The molecule has 0 heterocycles. The van der Waals surface area contributed by atoms with Crippen molar-refractivity contribution < 1.29 is 43.2 Å². The van der Waals surface area contributed by atoms with Crippen LogP contribution in [-0.2, 0) is 30.3 Å². The molecule has 0 bridgehead atoms. The zero-order valence-corrected chi connectivity index (χ0v) is 22.2. The van der Waals surface area contributed by atoms with Crippen LogP contribution in [0.1, 0.15) is 66.9 Å². The number of ether oxygens (including phenoxy) is 4. The van der Waals surface area contributed by atoms with Gasteiger partial charge >= 0.3 is 24.1 Å². The number of carbonyl (C=O) groups is 4. The van der Waals surface area contributed by atoms with Crippen molar-refractivity contribution in [3.8, 4) is 11.5 Å². The fourth-order valence-corrected chi connectivity index (χ4v) is 2.95. The Bertz CT molecular complexity index is 897. The first-order valence-corrected chi connectivity index (χ1v) is 12.2. The maximum absolute atomic E-state index is 12.2. The molecule has 0 fully saturated rings. The van der Waals surface area contributed by atoms with Crippen LogP contribution in [0.15, 0.2) is 18.2 Å². The maximum atomic E-state index is 12.2. The summed E-state index contributed by atoms with van der Waals surface area (Å²) >= 11 is 0. The number of esters is 2. The second kappa shape index (κ2) is 15.1. The minimum atomic E-state index is -1.11. The van der Waals surface area contributed by atoms with Crippen LogP contribution in [0.5, 0.6) is 11.5 Å². The fourth-order valence-electron chi connectivity index (χ4n) is 2.95. The summed E-state index contributed by atoms with van der Waals surface area (Å²) in [7, 11) is 0. The minimum Gasteiger partial charge on any atom is -0.480 e. The van der Waals surface area contributed by atoms with E-state index in [1.54, 1.807) is 47.6 Å². The molecule has 1 aromatic carbocycles. The lowest BCUT2D eigenvalue weighted by molar-refractivity contribution is -0.140. The van der Waals surface area contributed by atoms with E-state index in [4.69, 9.17) is 18.9 Å². The molecule has 0 amide bonds. The standard InChI is InChI=1S/C26H39NO9/c1-8-9-17(6)33-26(32)34-18(7)14-27-20(23(28)29)12-19-10-11-21(35-24(30)15(2)3)22(13-19)36-25(31)16(4)5/h10-11,13,15-18,20,27H,8-9,12,14H2,1-7H3,(H,28,29)/t17?,18?,20-/m0/s1. The van der Waals surface area contributed by atoms with Gasteiger partial charge in [-0.05, 0) is 44.4 Å². The van der Waals surface area contributed by atoms with Gasteiger partial charge in [-0.2, -0.15) is 0 Å². The highest BCUT2D eigenvalue weighted by Crippen LogP contribution is 2.30. The van der Waals surface area contributed by atoms with Gasteiger partial charge in [0.25, 0.3) is 0 Å². The third-order valence-electron chi connectivity index (χ3n) is 5.05. The average Bonchev–Trinajstić information content (AvgIpc) is 2.77. The van der Waals surface area contributed by atoms with Crippen molar-refractivity contribution in [1.82, 2.24) is 5.32 Å². The molecule has 0 aliphatic carbocycles. The molecule has 3 atom stereocenters. The average molecular weight is 510 g/mol. The normalized spacial score (nSPS) is 13.6. The number of hydrogen-bond donors (Lipinski definition) is 2. The highest BCUT2D eigenvalue weighted by atomic mass is 16.7. The summed E-state index contributed by atoms with van der Waals surface area (Å²) < 4.78 is 21.1. The number of carboxylic acids is 1. The molecule has 2 N–H and O–H groups in total. The first kappa shape index (κ1) is 30.9. The quantitative estimate of drug-likeness (QED) is 0.278. The van der Waals surface area contributed by atoms with Crippen molar-refractivity contribution in [2.24, 2.45) is 11.8 Å². The summed E-state index contributed by atoms with van der Waals surface area (Å²) in [5, 5.41) is 12.5. The third-order valence-corrected chi connectivity index (χ3v) is 5.05. The van der Waals surface area contributed by atoms with Gasteiger partial charge in [0, 0.05) is 6.54 Å². The van der Waals surface area contributed by atoms with Crippen molar-refractivity contribution in [3.63, 3.8) is 0 Å². The number of carbonyl (C=O) groups excluding carboxylic acids is 3. The number of aliphatic carboxylic acids is 1. The monoisotopic (exact) mass is 509 g/mol. The lowest BCUT2D eigenvalue weighted by Gasteiger charge is -2.20. The Kier molecular flexibility index (Phi) is 12.9. The van der Waals surface area contributed by atoms with Crippen LogP contribution in [-0.4, -0.2) is 54.0 Å². The van der Waals surface area contributed by atoms with Crippen molar-refractivity contribution in [1.29, 1.82) is 0 Å². The topological polar surface area (TPSA) is 137 Å². The number of nitrogens with one attached hydrogen (secondary N) is 1. The first-order chi connectivity index (χ1) is 16.8. The largest absolute Gasteiger partial charge is 0.508 e. The zero-order chi connectivity index (χ0) is 27.4. The van der Waals surface area contributed by atoms with E-state index in [-0.39, 0.29) is 30.6 Å². The van der Waals surface area contributed by atoms with Crippen LogP contribution in [0.3, 0.4) is 0 Å². The molecule has 0 saturated heterocycles. The van der Waals surface area contributed by atoms with Gasteiger partial charge in [0.1, 0.15) is 18.2 Å². The molecule has 0 aromatic heterocycles. The molecule has 0 saturated carbocycles. The van der Waals surface area contributed by atoms with Crippen LogP contribution in [0.4, 0.5) is 4.79 Å². The summed E-state index contributed by atoms with van der Waals surface area (Å²) in [6.45, 7) is 12.1. The van der Waals surface area contributed by atoms with Crippen molar-refractivity contribution in [2.75, 3.05) is 6.54 Å². The second-order valence-electron chi connectivity index (χ2n) is 9.33. The van der Waals surface area contributed by atoms with Gasteiger partial charge in [-0.1, -0.05) is 47.1 Å². The van der Waals surface area contributed by atoms with E-state index >= 15 is 0 Å². The van der Waals surface area contributed by atoms with Gasteiger partial charge in [-0.15, -0.1) is 0 Å². The number of carboxylic acid groups (broad SMARTS) is 1. The van der Waals surface area contributed by atoms with E-state index in [0.717, 1.165) is 6.42 Å². The van der Waals surface area contributed by atoms with E-state index in [1.807, 2.05) is 6.92 Å². The molecular weight excluding hydrogens is 470 g/mol. The smallest absolute Gasteiger partial charge is 0.480 e. The Labute approximate surface area is 212 Å². The molecule has 1 rings (SSSR count). The predicted octanol–water partition coefficient (Wildman–Crippen LogP) is 4.13. The zero-order valence-electron chi connectivity index (χ0n) is 22.2. The van der Waals surface area contributed by atoms with E-state index in [2.05, 4.69) is 5.32 Å². The maximum Gasteiger partial charge on any atom is 0.508 e.